The number of carbonyl (C=O) groups excluding carboxylic acids is 1. The summed E-state index contributed by atoms with van der Waals surface area (Å²) in [6.07, 6.45) is 0. The summed E-state index contributed by atoms with van der Waals surface area (Å²) >= 11 is 1.09. The second-order valence-corrected chi connectivity index (χ2v) is 7.82. The fourth-order valence-corrected chi connectivity index (χ4v) is 3.92. The molecule has 1 amide bonds. The second-order valence-electron chi connectivity index (χ2n) is 6.86. The van der Waals surface area contributed by atoms with Crippen LogP contribution in [0.15, 0.2) is 71.8 Å². The van der Waals surface area contributed by atoms with E-state index >= 15 is 0 Å². The van der Waals surface area contributed by atoms with Crippen molar-refractivity contribution < 1.29 is 18.8 Å². The lowest BCUT2D eigenvalue weighted by Crippen LogP contribution is -2.15. The summed E-state index contributed by atoms with van der Waals surface area (Å²) < 4.78 is 18.9. The van der Waals surface area contributed by atoms with Crippen molar-refractivity contribution in [1.82, 2.24) is 9.97 Å². The minimum absolute atomic E-state index is 0.0509. The molecule has 10 heteroatoms. The van der Waals surface area contributed by atoms with Gasteiger partial charge in [-0.25, -0.2) is 14.4 Å². The molecule has 33 heavy (non-hydrogen) atoms. The quantitative estimate of drug-likeness (QED) is 0.176. The second kappa shape index (κ2) is 9.61. The highest BCUT2D eigenvalue weighted by Crippen LogP contribution is 2.31. The number of fused-ring (bicyclic) bond motifs is 1. The van der Waals surface area contributed by atoms with Gasteiger partial charge in [-0.15, -0.1) is 0 Å². The van der Waals surface area contributed by atoms with Crippen LogP contribution >= 0.6 is 11.8 Å². The number of carbonyl (C=O) groups is 1. The molecule has 1 N–H and O–H groups in total. The molecule has 0 atom stereocenters. The Kier molecular flexibility index (Phi) is 6.45. The molecule has 0 saturated heterocycles. The maximum absolute atomic E-state index is 13.9. The zero-order chi connectivity index (χ0) is 23.4. The molecule has 8 nitrogen and oxygen atoms in total. The summed E-state index contributed by atoms with van der Waals surface area (Å²) in [6.45, 7) is 0. The third kappa shape index (κ3) is 5.07. The topological polar surface area (TPSA) is 107 Å². The summed E-state index contributed by atoms with van der Waals surface area (Å²) in [5.74, 6) is -0.267. The molecular weight excluding hydrogens is 447 g/mol. The van der Waals surface area contributed by atoms with E-state index < -0.39 is 16.6 Å². The molecule has 166 valence electrons. The van der Waals surface area contributed by atoms with Crippen LogP contribution in [0.5, 0.6) is 5.75 Å². The Morgan fingerprint density at radius 1 is 1.12 bits per heavy atom. The van der Waals surface area contributed by atoms with E-state index in [1.165, 1.54) is 37.4 Å². The number of nitrogens with zero attached hydrogens (tertiary/aromatic N) is 3. The monoisotopic (exact) mass is 464 g/mol. The molecule has 0 spiro atoms. The fourth-order valence-electron chi connectivity index (χ4n) is 3.11. The van der Waals surface area contributed by atoms with Crippen LogP contribution in [0, 0.1) is 15.9 Å². The predicted octanol–water partition coefficient (Wildman–Crippen LogP) is 5.08. The largest absolute Gasteiger partial charge is 0.496 e. The van der Waals surface area contributed by atoms with E-state index in [0.717, 1.165) is 17.3 Å². The highest BCUT2D eigenvalue weighted by molar-refractivity contribution is 8.00. The van der Waals surface area contributed by atoms with Crippen LogP contribution in [-0.4, -0.2) is 33.7 Å². The SMILES string of the molecule is COc1ccc(NC(=O)CSc2nc(-c3ccccc3)nc3ccc(F)cc23)c([N+](=O)[O-])c1. The van der Waals surface area contributed by atoms with Gasteiger partial charge in [-0.1, -0.05) is 42.1 Å². The minimum Gasteiger partial charge on any atom is -0.496 e. The van der Waals surface area contributed by atoms with Crippen molar-refractivity contribution >= 4 is 39.9 Å². The Morgan fingerprint density at radius 3 is 2.64 bits per heavy atom. The van der Waals surface area contributed by atoms with Gasteiger partial charge in [-0.05, 0) is 30.3 Å². The summed E-state index contributed by atoms with van der Waals surface area (Å²) in [4.78, 5) is 32.4. The molecule has 1 aromatic heterocycles. The van der Waals surface area contributed by atoms with Crippen molar-refractivity contribution in [2.24, 2.45) is 0 Å². The van der Waals surface area contributed by atoms with Crippen molar-refractivity contribution in [1.29, 1.82) is 0 Å². The van der Waals surface area contributed by atoms with E-state index in [2.05, 4.69) is 15.3 Å². The average Bonchev–Trinajstić information content (AvgIpc) is 2.83. The normalized spacial score (nSPS) is 10.7. The van der Waals surface area contributed by atoms with E-state index in [4.69, 9.17) is 4.74 Å². The zero-order valence-electron chi connectivity index (χ0n) is 17.3. The Balaban J connectivity index is 1.60. The molecule has 0 aliphatic rings. The van der Waals surface area contributed by atoms with Gasteiger partial charge >= 0.3 is 0 Å². The number of halogens is 1. The lowest BCUT2D eigenvalue weighted by Gasteiger charge is -2.10. The lowest BCUT2D eigenvalue weighted by atomic mass is 10.2. The summed E-state index contributed by atoms with van der Waals surface area (Å²) in [5.41, 5.74) is 1.09. The Labute approximate surface area is 192 Å². The van der Waals surface area contributed by atoms with Gasteiger partial charge < -0.3 is 10.1 Å². The van der Waals surface area contributed by atoms with Crippen LogP contribution in [0.2, 0.25) is 0 Å². The molecule has 0 unspecified atom stereocenters. The Bertz CT molecular complexity index is 1350. The van der Waals surface area contributed by atoms with Crippen LogP contribution in [0.3, 0.4) is 0 Å². The van der Waals surface area contributed by atoms with E-state index in [0.29, 0.717) is 27.5 Å². The van der Waals surface area contributed by atoms with Crippen LogP contribution in [0.1, 0.15) is 0 Å². The van der Waals surface area contributed by atoms with Gasteiger partial charge in [0.25, 0.3) is 5.69 Å². The summed E-state index contributed by atoms with van der Waals surface area (Å²) in [5, 5.41) is 14.8. The van der Waals surface area contributed by atoms with Crippen molar-refractivity contribution in [2.75, 3.05) is 18.2 Å². The number of methoxy groups -OCH3 is 1. The highest BCUT2D eigenvalue weighted by atomic mass is 32.2. The minimum atomic E-state index is -0.599. The molecule has 0 radical (unpaired) electrons. The van der Waals surface area contributed by atoms with E-state index in [9.17, 15) is 19.3 Å². The number of nitro benzene ring substituents is 1. The molecule has 0 fully saturated rings. The van der Waals surface area contributed by atoms with Crippen molar-refractivity contribution in [3.05, 3.63) is 82.7 Å². The van der Waals surface area contributed by atoms with Gasteiger partial charge in [0.05, 0.1) is 29.4 Å². The average molecular weight is 464 g/mol. The van der Waals surface area contributed by atoms with Gasteiger partial charge in [0.15, 0.2) is 5.82 Å². The first-order valence-corrected chi connectivity index (χ1v) is 10.7. The molecule has 3 aromatic carbocycles. The van der Waals surface area contributed by atoms with Crippen LogP contribution in [0.25, 0.3) is 22.3 Å². The van der Waals surface area contributed by atoms with Gasteiger partial charge in [0, 0.05) is 10.9 Å². The number of ether oxygens (including phenoxy) is 1. The number of anilines is 1. The van der Waals surface area contributed by atoms with Crippen molar-refractivity contribution in [3.8, 4) is 17.1 Å². The number of benzene rings is 3. The van der Waals surface area contributed by atoms with Gasteiger partial charge in [0.1, 0.15) is 22.3 Å². The van der Waals surface area contributed by atoms with E-state index in [-0.39, 0.29) is 17.1 Å². The standard InChI is InChI=1S/C23H17FN4O4S/c1-32-16-8-10-19(20(12-16)28(30)31)25-21(29)13-33-23-17-11-15(24)7-9-18(17)26-22(27-23)14-5-3-2-4-6-14/h2-12H,13H2,1H3,(H,25,29). The van der Waals surface area contributed by atoms with Gasteiger partial charge in [-0.3, -0.25) is 14.9 Å². The van der Waals surface area contributed by atoms with Crippen LogP contribution in [-0.2, 0) is 4.79 Å². The number of hydrogen-bond donors (Lipinski definition) is 1. The van der Waals surface area contributed by atoms with Crippen LogP contribution < -0.4 is 10.1 Å². The number of nitro groups is 1. The number of nitrogens with one attached hydrogen (secondary N) is 1. The molecule has 4 rings (SSSR count). The maximum Gasteiger partial charge on any atom is 0.296 e. The molecule has 4 aromatic rings. The van der Waals surface area contributed by atoms with Crippen molar-refractivity contribution in [2.45, 2.75) is 5.03 Å². The number of thioether (sulfide) groups is 1. The Morgan fingerprint density at radius 2 is 1.91 bits per heavy atom. The van der Waals surface area contributed by atoms with Crippen molar-refractivity contribution in [3.63, 3.8) is 0 Å². The molecule has 0 bridgehead atoms. The molecule has 0 aliphatic carbocycles. The predicted molar refractivity (Wildman–Crippen MR) is 124 cm³/mol. The third-order valence-electron chi connectivity index (χ3n) is 4.67. The summed E-state index contributed by atoms with van der Waals surface area (Å²) in [6, 6.07) is 17.6. The number of amides is 1. The van der Waals surface area contributed by atoms with Crippen LogP contribution in [0.4, 0.5) is 15.8 Å². The zero-order valence-corrected chi connectivity index (χ0v) is 18.1. The molecular formula is C23H17FN4O4S. The fraction of sp³-hybridized carbons (Fsp3) is 0.0870. The van der Waals surface area contributed by atoms with Gasteiger partial charge in [0.2, 0.25) is 5.91 Å². The van der Waals surface area contributed by atoms with Gasteiger partial charge in [-0.2, -0.15) is 0 Å². The number of rotatable bonds is 7. The smallest absolute Gasteiger partial charge is 0.296 e. The Hall–Kier alpha value is -4.05. The number of aromatic nitrogens is 2. The lowest BCUT2D eigenvalue weighted by molar-refractivity contribution is -0.384. The van der Waals surface area contributed by atoms with E-state index in [1.54, 1.807) is 6.07 Å². The molecule has 1 heterocycles. The first kappa shape index (κ1) is 22.2. The summed E-state index contributed by atoms with van der Waals surface area (Å²) in [7, 11) is 1.40. The molecule has 0 aliphatic heterocycles. The first-order chi connectivity index (χ1) is 15.9. The van der Waals surface area contributed by atoms with E-state index in [1.807, 2.05) is 30.3 Å². The maximum atomic E-state index is 13.9. The number of hydrogen-bond acceptors (Lipinski definition) is 7. The highest BCUT2D eigenvalue weighted by Gasteiger charge is 2.18. The molecule has 0 saturated carbocycles. The first-order valence-electron chi connectivity index (χ1n) is 9.72. The third-order valence-corrected chi connectivity index (χ3v) is 5.66.